The van der Waals surface area contributed by atoms with E-state index in [2.05, 4.69) is 33.2 Å². The molecule has 130 valence electrons. The first-order chi connectivity index (χ1) is 12.2. The van der Waals surface area contributed by atoms with Gasteiger partial charge < -0.3 is 4.98 Å². The molecule has 4 rings (SSSR count). The third-order valence-electron chi connectivity index (χ3n) is 4.84. The Kier molecular flexibility index (Phi) is 4.63. The summed E-state index contributed by atoms with van der Waals surface area (Å²) in [7, 11) is 0. The third kappa shape index (κ3) is 3.50. The van der Waals surface area contributed by atoms with E-state index in [1.54, 1.807) is 6.20 Å². The Morgan fingerprint density at radius 1 is 1.28 bits per heavy atom. The fraction of sp³-hybridized carbons (Fsp3) is 0.421. The number of piperidine rings is 1. The van der Waals surface area contributed by atoms with E-state index in [0.717, 1.165) is 42.5 Å². The van der Waals surface area contributed by atoms with Gasteiger partial charge in [0.2, 0.25) is 0 Å². The smallest absolute Gasteiger partial charge is 0.156 e. The minimum Gasteiger partial charge on any atom is -0.343 e. The van der Waals surface area contributed by atoms with Crippen molar-refractivity contribution < 1.29 is 0 Å². The van der Waals surface area contributed by atoms with Crippen LogP contribution in [0, 0.1) is 13.8 Å². The lowest BCUT2D eigenvalue weighted by Gasteiger charge is -2.34. The van der Waals surface area contributed by atoms with Crippen LogP contribution in [0.2, 0.25) is 0 Å². The number of thiophene rings is 1. The highest BCUT2D eigenvalue weighted by atomic mass is 32.1. The largest absolute Gasteiger partial charge is 0.343 e. The first kappa shape index (κ1) is 16.4. The van der Waals surface area contributed by atoms with Gasteiger partial charge in [-0.3, -0.25) is 4.90 Å². The zero-order valence-corrected chi connectivity index (χ0v) is 15.5. The van der Waals surface area contributed by atoms with E-state index >= 15 is 0 Å². The second kappa shape index (κ2) is 7.06. The van der Waals surface area contributed by atoms with Crippen molar-refractivity contribution in [2.45, 2.75) is 45.7 Å². The van der Waals surface area contributed by atoms with Crippen LogP contribution in [-0.2, 0) is 6.54 Å². The maximum Gasteiger partial charge on any atom is 0.156 e. The molecule has 1 unspecified atom stereocenters. The molecule has 3 aromatic heterocycles. The summed E-state index contributed by atoms with van der Waals surface area (Å²) in [5.41, 5.74) is 3.26. The van der Waals surface area contributed by atoms with Gasteiger partial charge in [-0.15, -0.1) is 11.3 Å². The summed E-state index contributed by atoms with van der Waals surface area (Å²) in [6.45, 7) is 6.33. The normalized spacial score (nSPS) is 18.6. The van der Waals surface area contributed by atoms with Crippen molar-refractivity contribution >= 4 is 11.3 Å². The molecule has 0 radical (unpaired) electrons. The van der Waals surface area contributed by atoms with Crippen molar-refractivity contribution in [1.29, 1.82) is 0 Å². The number of nitrogens with one attached hydrogen (secondary N) is 1. The summed E-state index contributed by atoms with van der Waals surface area (Å²) in [6, 6.07) is 4.49. The molecule has 4 heterocycles. The highest BCUT2D eigenvalue weighted by molar-refractivity contribution is 7.10. The van der Waals surface area contributed by atoms with Crippen LogP contribution in [0.3, 0.4) is 0 Å². The molecule has 1 aliphatic heterocycles. The lowest BCUT2D eigenvalue weighted by molar-refractivity contribution is 0.135. The topological polar surface area (TPSA) is 57.7 Å². The van der Waals surface area contributed by atoms with E-state index < -0.39 is 0 Å². The molecule has 6 heteroatoms. The second-order valence-electron chi connectivity index (χ2n) is 6.70. The zero-order chi connectivity index (χ0) is 17.2. The van der Waals surface area contributed by atoms with Gasteiger partial charge in [-0.05, 0) is 56.3 Å². The Morgan fingerprint density at radius 3 is 2.96 bits per heavy atom. The molecule has 1 fully saturated rings. The summed E-state index contributed by atoms with van der Waals surface area (Å²) in [4.78, 5) is 21.1. The lowest BCUT2D eigenvalue weighted by Crippen LogP contribution is -2.34. The molecule has 0 amide bonds. The summed E-state index contributed by atoms with van der Waals surface area (Å²) >= 11 is 1.85. The Balaban J connectivity index is 1.65. The van der Waals surface area contributed by atoms with Crippen LogP contribution in [-0.4, -0.2) is 31.4 Å². The van der Waals surface area contributed by atoms with E-state index in [-0.39, 0.29) is 6.04 Å². The van der Waals surface area contributed by atoms with Crippen molar-refractivity contribution in [1.82, 2.24) is 24.8 Å². The number of aromatic amines is 1. The van der Waals surface area contributed by atoms with Crippen molar-refractivity contribution in [3.63, 3.8) is 0 Å². The molecule has 1 aliphatic rings. The van der Waals surface area contributed by atoms with Crippen LogP contribution >= 0.6 is 11.3 Å². The van der Waals surface area contributed by atoms with Crippen molar-refractivity contribution in [3.05, 3.63) is 51.9 Å². The summed E-state index contributed by atoms with van der Waals surface area (Å²) in [6.07, 6.45) is 7.19. The number of likely N-dealkylation sites (tertiary alicyclic amines) is 1. The van der Waals surface area contributed by atoms with Gasteiger partial charge in [0.25, 0.3) is 0 Å². The first-order valence-electron chi connectivity index (χ1n) is 8.83. The number of hydrogen-bond acceptors (Lipinski definition) is 5. The molecule has 0 spiro atoms. The predicted octanol–water partition coefficient (Wildman–Crippen LogP) is 4.27. The van der Waals surface area contributed by atoms with Gasteiger partial charge in [-0.25, -0.2) is 15.0 Å². The monoisotopic (exact) mass is 353 g/mol. The fourth-order valence-corrected chi connectivity index (χ4v) is 4.42. The highest BCUT2D eigenvalue weighted by Crippen LogP contribution is 2.32. The average Bonchev–Trinajstić information content (AvgIpc) is 3.27. The lowest BCUT2D eigenvalue weighted by atomic mass is 10.0. The average molecular weight is 353 g/mol. The van der Waals surface area contributed by atoms with Crippen LogP contribution in [0.25, 0.3) is 11.5 Å². The van der Waals surface area contributed by atoms with Crippen molar-refractivity contribution in [2.24, 2.45) is 0 Å². The van der Waals surface area contributed by atoms with Crippen LogP contribution in [0.5, 0.6) is 0 Å². The van der Waals surface area contributed by atoms with Crippen LogP contribution < -0.4 is 0 Å². The molecule has 3 aromatic rings. The van der Waals surface area contributed by atoms with Gasteiger partial charge in [0.15, 0.2) is 5.82 Å². The standard InChI is InChI=1S/C19H23N5S/c1-13-6-10-25-17(13)12-24-9-4-3-5-16(24)19-22-14(2)11-15(23-19)18-20-7-8-21-18/h6-8,10-11,16H,3-5,9,12H2,1-2H3,(H,20,21). The van der Waals surface area contributed by atoms with Gasteiger partial charge >= 0.3 is 0 Å². The molecule has 0 saturated carbocycles. The minimum absolute atomic E-state index is 0.281. The third-order valence-corrected chi connectivity index (χ3v) is 5.85. The number of hydrogen-bond donors (Lipinski definition) is 1. The number of H-pyrrole nitrogens is 1. The Hall–Kier alpha value is -2.05. The van der Waals surface area contributed by atoms with Gasteiger partial charge in [0.1, 0.15) is 11.5 Å². The maximum absolute atomic E-state index is 4.86. The molecular formula is C19H23N5S. The number of imidazole rings is 1. The highest BCUT2D eigenvalue weighted by Gasteiger charge is 2.27. The van der Waals surface area contributed by atoms with Crippen LogP contribution in [0.4, 0.5) is 0 Å². The molecule has 5 nitrogen and oxygen atoms in total. The summed E-state index contributed by atoms with van der Waals surface area (Å²) in [5, 5.41) is 2.18. The second-order valence-corrected chi connectivity index (χ2v) is 7.70. The zero-order valence-electron chi connectivity index (χ0n) is 14.7. The van der Waals surface area contributed by atoms with Gasteiger partial charge in [-0.2, -0.15) is 0 Å². The number of aryl methyl sites for hydroxylation is 2. The fourth-order valence-electron chi connectivity index (χ4n) is 3.49. The summed E-state index contributed by atoms with van der Waals surface area (Å²) in [5.74, 6) is 1.74. The van der Waals surface area contributed by atoms with E-state index in [4.69, 9.17) is 9.97 Å². The molecule has 0 aromatic carbocycles. The molecule has 1 N–H and O–H groups in total. The Labute approximate surface area is 152 Å². The molecule has 0 aliphatic carbocycles. The minimum atomic E-state index is 0.281. The van der Waals surface area contributed by atoms with E-state index in [1.807, 2.05) is 30.5 Å². The van der Waals surface area contributed by atoms with Gasteiger partial charge in [0, 0.05) is 29.5 Å². The number of aromatic nitrogens is 4. The van der Waals surface area contributed by atoms with Crippen LogP contribution in [0.15, 0.2) is 29.9 Å². The van der Waals surface area contributed by atoms with Crippen molar-refractivity contribution in [3.8, 4) is 11.5 Å². The van der Waals surface area contributed by atoms with Crippen molar-refractivity contribution in [2.75, 3.05) is 6.54 Å². The van der Waals surface area contributed by atoms with Gasteiger partial charge in [-0.1, -0.05) is 6.42 Å². The quantitative estimate of drug-likeness (QED) is 0.761. The Morgan fingerprint density at radius 2 is 2.20 bits per heavy atom. The molecule has 1 atom stereocenters. The molecule has 1 saturated heterocycles. The number of rotatable bonds is 4. The van der Waals surface area contributed by atoms with Gasteiger partial charge in [0.05, 0.1) is 6.04 Å². The molecule has 25 heavy (non-hydrogen) atoms. The molecule has 0 bridgehead atoms. The van der Waals surface area contributed by atoms with E-state index in [0.29, 0.717) is 0 Å². The van der Waals surface area contributed by atoms with Crippen LogP contribution in [0.1, 0.15) is 47.3 Å². The number of nitrogens with zero attached hydrogens (tertiary/aromatic N) is 4. The summed E-state index contributed by atoms with van der Waals surface area (Å²) < 4.78 is 0. The Bertz CT molecular complexity index is 839. The van der Waals surface area contributed by atoms with E-state index in [9.17, 15) is 0 Å². The molecular weight excluding hydrogens is 330 g/mol. The van der Waals surface area contributed by atoms with E-state index in [1.165, 1.54) is 23.3 Å². The SMILES string of the molecule is Cc1cc(-c2ncc[nH]2)nc(C2CCCCN2Cc2sccc2C)n1. The predicted molar refractivity (Wildman–Crippen MR) is 100 cm³/mol. The maximum atomic E-state index is 4.86. The first-order valence-corrected chi connectivity index (χ1v) is 9.71.